The molecule has 1 aromatic carbocycles. The molecule has 0 saturated heterocycles. The number of carbonyl (C=O) groups excluding carboxylic acids is 3. The van der Waals surface area contributed by atoms with E-state index in [-0.39, 0.29) is 36.3 Å². The topological polar surface area (TPSA) is 75.7 Å². The monoisotopic (exact) mass is 500 g/mol. The highest BCUT2D eigenvalue weighted by Crippen LogP contribution is 2.49. The standard InChI is InChI=1S/C26H38N2O4.C4H10/c1-7-26(21-14-15-21,20-12-10-9-11-13-20)25(31)27-17-23(29)28(6)22(18(3)4)16-19(5)24(30)32-8-2;1-4(2)3/h9-13,16,18,21-22H,7-8,14-15,17H2,1-6H3,(H,27,31);4H,1-3H3/b19-16+;/t22-,26?;/m1./s1. The number of benzene rings is 1. The molecule has 2 atom stereocenters. The van der Waals surface area contributed by atoms with Gasteiger partial charge >= 0.3 is 5.97 Å². The number of nitrogens with zero attached hydrogens (tertiary/aromatic N) is 1. The number of nitrogens with one attached hydrogen (secondary N) is 1. The highest BCUT2D eigenvalue weighted by atomic mass is 16.5. The SMILES string of the molecule is CC(C)C.CCOC(=O)/C(C)=C/[C@H](C(C)C)N(C)C(=O)CNC(=O)C(CC)(c1ccccc1)C1CC1. The summed E-state index contributed by atoms with van der Waals surface area (Å²) in [5.41, 5.74) is 0.881. The fourth-order valence-corrected chi connectivity index (χ4v) is 4.44. The fraction of sp³-hybridized carbons (Fsp3) is 0.633. The summed E-state index contributed by atoms with van der Waals surface area (Å²) in [4.78, 5) is 40.0. The van der Waals surface area contributed by atoms with Crippen molar-refractivity contribution in [3.05, 3.63) is 47.5 Å². The smallest absolute Gasteiger partial charge is 0.333 e. The molecule has 0 heterocycles. The molecule has 1 saturated carbocycles. The highest BCUT2D eigenvalue weighted by molar-refractivity contribution is 5.92. The van der Waals surface area contributed by atoms with Crippen molar-refractivity contribution < 1.29 is 19.1 Å². The molecule has 0 bridgehead atoms. The lowest BCUT2D eigenvalue weighted by molar-refractivity contribution is -0.138. The number of hydrogen-bond acceptors (Lipinski definition) is 4. The summed E-state index contributed by atoms with van der Waals surface area (Å²) in [6, 6.07) is 9.60. The van der Waals surface area contributed by atoms with E-state index in [1.54, 1.807) is 31.9 Å². The van der Waals surface area contributed by atoms with Crippen LogP contribution in [-0.4, -0.2) is 48.9 Å². The van der Waals surface area contributed by atoms with Gasteiger partial charge in [-0.1, -0.05) is 78.0 Å². The van der Waals surface area contributed by atoms with Crippen molar-refractivity contribution in [2.24, 2.45) is 17.8 Å². The minimum absolute atomic E-state index is 0.0772. The lowest BCUT2D eigenvalue weighted by Gasteiger charge is -2.33. The first kappa shape index (κ1) is 31.4. The normalized spacial score (nSPS) is 15.9. The van der Waals surface area contributed by atoms with E-state index in [4.69, 9.17) is 4.74 Å². The van der Waals surface area contributed by atoms with E-state index in [2.05, 4.69) is 26.1 Å². The first-order valence-corrected chi connectivity index (χ1v) is 13.4. The third kappa shape index (κ3) is 8.79. The van der Waals surface area contributed by atoms with Crippen LogP contribution in [0.4, 0.5) is 0 Å². The number of carbonyl (C=O) groups is 3. The number of esters is 1. The van der Waals surface area contributed by atoms with Gasteiger partial charge in [-0.2, -0.15) is 0 Å². The van der Waals surface area contributed by atoms with Crippen LogP contribution in [0, 0.1) is 17.8 Å². The molecule has 2 rings (SSSR count). The maximum Gasteiger partial charge on any atom is 0.333 e. The van der Waals surface area contributed by atoms with Gasteiger partial charge in [0.2, 0.25) is 11.8 Å². The summed E-state index contributed by atoms with van der Waals surface area (Å²) < 4.78 is 5.06. The van der Waals surface area contributed by atoms with E-state index in [0.717, 1.165) is 24.3 Å². The molecule has 0 radical (unpaired) electrons. The molecule has 6 heteroatoms. The predicted molar refractivity (Wildman–Crippen MR) is 146 cm³/mol. The lowest BCUT2D eigenvalue weighted by atomic mass is 9.73. The first-order valence-electron chi connectivity index (χ1n) is 13.4. The molecule has 1 unspecified atom stereocenters. The molecule has 1 fully saturated rings. The van der Waals surface area contributed by atoms with Gasteiger partial charge in [-0.05, 0) is 56.4 Å². The molecule has 6 nitrogen and oxygen atoms in total. The Morgan fingerprint density at radius 3 is 2.08 bits per heavy atom. The van der Waals surface area contributed by atoms with Gasteiger partial charge in [-0.3, -0.25) is 9.59 Å². The van der Waals surface area contributed by atoms with Crippen LogP contribution in [0.3, 0.4) is 0 Å². The number of ether oxygens (including phenoxy) is 1. The molecule has 0 aliphatic heterocycles. The third-order valence-corrected chi connectivity index (χ3v) is 6.47. The molecule has 1 aliphatic rings. The highest BCUT2D eigenvalue weighted by Gasteiger charge is 2.50. The van der Waals surface area contributed by atoms with Gasteiger partial charge < -0.3 is 15.0 Å². The van der Waals surface area contributed by atoms with Crippen LogP contribution in [0.15, 0.2) is 42.0 Å². The Kier molecular flexibility index (Phi) is 12.9. The fourth-order valence-electron chi connectivity index (χ4n) is 4.44. The first-order chi connectivity index (χ1) is 16.9. The maximum absolute atomic E-state index is 13.4. The molecule has 2 amide bonds. The average Bonchev–Trinajstić information content (AvgIpc) is 3.67. The quantitative estimate of drug-likeness (QED) is 0.321. The average molecular weight is 501 g/mol. The second-order valence-corrected chi connectivity index (χ2v) is 10.7. The number of rotatable bonds is 11. The Labute approximate surface area is 218 Å². The molecule has 1 aromatic rings. The number of amides is 2. The minimum Gasteiger partial charge on any atom is -0.463 e. The van der Waals surface area contributed by atoms with Crippen LogP contribution < -0.4 is 5.32 Å². The van der Waals surface area contributed by atoms with Crippen molar-refractivity contribution in [3.8, 4) is 0 Å². The molecular formula is C30H48N2O4. The van der Waals surface area contributed by atoms with Crippen molar-refractivity contribution >= 4 is 17.8 Å². The minimum atomic E-state index is -0.599. The van der Waals surface area contributed by atoms with Crippen LogP contribution >= 0.6 is 0 Å². The summed E-state index contributed by atoms with van der Waals surface area (Å²) in [6.45, 7) is 16.2. The van der Waals surface area contributed by atoms with Crippen molar-refractivity contribution in [1.29, 1.82) is 0 Å². The van der Waals surface area contributed by atoms with E-state index in [1.807, 2.05) is 51.1 Å². The lowest BCUT2D eigenvalue weighted by Crippen LogP contribution is -2.50. The number of likely N-dealkylation sites (N-methyl/N-ethyl adjacent to an activating group) is 1. The summed E-state index contributed by atoms with van der Waals surface area (Å²) in [5, 5.41) is 2.92. The Morgan fingerprint density at radius 2 is 1.64 bits per heavy atom. The van der Waals surface area contributed by atoms with Gasteiger partial charge in [0.25, 0.3) is 0 Å². The summed E-state index contributed by atoms with van der Waals surface area (Å²) >= 11 is 0. The Balaban J connectivity index is 0.00000150. The molecule has 1 aliphatic carbocycles. The van der Waals surface area contributed by atoms with E-state index >= 15 is 0 Å². The molecule has 202 valence electrons. The second-order valence-electron chi connectivity index (χ2n) is 10.7. The van der Waals surface area contributed by atoms with Crippen LogP contribution in [0.25, 0.3) is 0 Å². The van der Waals surface area contributed by atoms with E-state index < -0.39 is 5.41 Å². The molecule has 0 aromatic heterocycles. The predicted octanol–water partition coefficient (Wildman–Crippen LogP) is 5.52. The van der Waals surface area contributed by atoms with Crippen molar-refractivity contribution in [2.75, 3.05) is 20.2 Å². The van der Waals surface area contributed by atoms with E-state index in [9.17, 15) is 14.4 Å². The summed E-state index contributed by atoms with van der Waals surface area (Å²) in [7, 11) is 1.71. The van der Waals surface area contributed by atoms with Crippen LogP contribution in [0.1, 0.15) is 80.2 Å². The van der Waals surface area contributed by atoms with E-state index in [0.29, 0.717) is 24.5 Å². The van der Waals surface area contributed by atoms with Gasteiger partial charge in [0.05, 0.1) is 24.6 Å². The van der Waals surface area contributed by atoms with Gasteiger partial charge in [0, 0.05) is 12.6 Å². The van der Waals surface area contributed by atoms with Crippen molar-refractivity contribution in [2.45, 2.75) is 86.1 Å². The van der Waals surface area contributed by atoms with Crippen molar-refractivity contribution in [3.63, 3.8) is 0 Å². The zero-order valence-electron chi connectivity index (χ0n) is 23.9. The van der Waals surface area contributed by atoms with Crippen LogP contribution in [0.5, 0.6) is 0 Å². The van der Waals surface area contributed by atoms with Crippen LogP contribution in [-0.2, 0) is 24.5 Å². The van der Waals surface area contributed by atoms with Crippen molar-refractivity contribution in [1.82, 2.24) is 10.2 Å². The Bertz CT molecular complexity index is 871. The molecule has 1 N–H and O–H groups in total. The van der Waals surface area contributed by atoms with Crippen LogP contribution in [0.2, 0.25) is 0 Å². The van der Waals surface area contributed by atoms with Gasteiger partial charge in [0.15, 0.2) is 0 Å². The Hall–Kier alpha value is -2.63. The zero-order chi connectivity index (χ0) is 27.5. The zero-order valence-corrected chi connectivity index (χ0v) is 23.9. The Morgan fingerprint density at radius 1 is 1.08 bits per heavy atom. The van der Waals surface area contributed by atoms with Gasteiger partial charge in [-0.15, -0.1) is 0 Å². The molecule has 36 heavy (non-hydrogen) atoms. The number of hydrogen-bond donors (Lipinski definition) is 1. The largest absolute Gasteiger partial charge is 0.463 e. The molecular weight excluding hydrogens is 452 g/mol. The third-order valence-electron chi connectivity index (χ3n) is 6.47. The van der Waals surface area contributed by atoms with E-state index in [1.165, 1.54) is 0 Å². The second kappa shape index (κ2) is 14.8. The summed E-state index contributed by atoms with van der Waals surface area (Å²) in [5.74, 6) is 0.566. The van der Waals surface area contributed by atoms with Gasteiger partial charge in [0.1, 0.15) is 0 Å². The van der Waals surface area contributed by atoms with Gasteiger partial charge in [-0.25, -0.2) is 4.79 Å². The maximum atomic E-state index is 13.4. The molecule has 0 spiro atoms. The summed E-state index contributed by atoms with van der Waals surface area (Å²) in [6.07, 6.45) is 4.51.